The molecule has 2 atom stereocenters. The van der Waals surface area contributed by atoms with Crippen LogP contribution in [0.15, 0.2) is 160 Å². The van der Waals surface area contributed by atoms with E-state index < -0.39 is 0 Å². The molecule has 3 aliphatic rings. The van der Waals surface area contributed by atoms with Gasteiger partial charge in [0.1, 0.15) is 23.1 Å². The van der Waals surface area contributed by atoms with E-state index in [-0.39, 0.29) is 11.5 Å². The van der Waals surface area contributed by atoms with Crippen molar-refractivity contribution in [1.29, 1.82) is 0 Å². The van der Waals surface area contributed by atoms with Crippen molar-refractivity contribution in [3.8, 4) is 22.3 Å². The Kier molecular flexibility index (Phi) is 6.44. The number of nitrogens with zero attached hydrogens (tertiary/aromatic N) is 3. The second-order valence-corrected chi connectivity index (χ2v) is 16.3. The number of anilines is 1. The average Bonchev–Trinajstić information content (AvgIpc) is 3.83. The van der Waals surface area contributed by atoms with Crippen LogP contribution in [0, 0.1) is 5.92 Å². The Bertz CT molecular complexity index is 3260. The zero-order chi connectivity index (χ0) is 37.3. The molecule has 1 aliphatic carbocycles. The molecule has 1 N–H and O–H groups in total. The fraction of sp³-hybridized carbons (Fsp3) is 0.137. The maximum Gasteiger partial charge on any atom is 0.245 e. The van der Waals surface area contributed by atoms with Gasteiger partial charge in [-0.3, -0.25) is 9.56 Å². The van der Waals surface area contributed by atoms with E-state index in [1.807, 2.05) is 0 Å². The van der Waals surface area contributed by atoms with E-state index in [1.54, 1.807) is 0 Å². The standard InChI is InChI=1S/C51H38N4O/c1-29-16-22-42(52-28-29)48-49(55-43-23-19-30-10-6-7-13-35(30)46(43)39-24-31-11-4-5-12-32(31)26-44(39)55)54-50-47(53-48)38-21-18-34(27-45(38)56-50)33-17-20-37-36-14-8-9-15-40(36)51(2,3)41(37)25-33/h4-15,17-29,48,53H,16H2,1-3H3. The summed E-state index contributed by atoms with van der Waals surface area (Å²) in [6.07, 6.45) is 5.28. The molecule has 0 saturated carbocycles. The zero-order valence-corrected chi connectivity index (χ0v) is 31.5. The molecule has 7 aromatic carbocycles. The van der Waals surface area contributed by atoms with Crippen LogP contribution < -0.4 is 5.32 Å². The van der Waals surface area contributed by atoms with Gasteiger partial charge in [0.2, 0.25) is 5.88 Å². The zero-order valence-electron chi connectivity index (χ0n) is 31.5. The highest BCUT2D eigenvalue weighted by atomic mass is 16.3. The van der Waals surface area contributed by atoms with Crippen molar-refractivity contribution in [2.75, 3.05) is 5.32 Å². The molecule has 4 heterocycles. The van der Waals surface area contributed by atoms with E-state index in [2.05, 4.69) is 176 Å². The third kappa shape index (κ3) is 4.42. The van der Waals surface area contributed by atoms with Gasteiger partial charge in [-0.15, -0.1) is 0 Å². The van der Waals surface area contributed by atoms with Crippen molar-refractivity contribution in [3.05, 3.63) is 156 Å². The SMILES string of the molecule is CC1C=NC(C2Nc3c(oc4cc(-c5ccc6c(c5)C(C)(C)c5ccccc5-6)ccc34)N=C2n2c3cc4ccccc4cc3c3c4ccccc4ccc32)=CC1. The number of aliphatic imine (C=N–C) groups is 2. The van der Waals surface area contributed by atoms with Crippen LogP contribution in [0.2, 0.25) is 0 Å². The number of hydrogen-bond acceptors (Lipinski definition) is 4. The number of furan rings is 1. The Morgan fingerprint density at radius 1 is 0.679 bits per heavy atom. The highest BCUT2D eigenvalue weighted by molar-refractivity contribution is 6.26. The fourth-order valence-corrected chi connectivity index (χ4v) is 9.67. The van der Waals surface area contributed by atoms with Gasteiger partial charge < -0.3 is 9.73 Å². The minimum absolute atomic E-state index is 0.0701. The van der Waals surface area contributed by atoms with Crippen molar-refractivity contribution in [2.24, 2.45) is 15.9 Å². The maximum atomic E-state index is 6.76. The van der Waals surface area contributed by atoms with Gasteiger partial charge in [0, 0.05) is 27.8 Å². The lowest BCUT2D eigenvalue weighted by Gasteiger charge is -2.28. The van der Waals surface area contributed by atoms with Crippen molar-refractivity contribution >= 4 is 77.9 Å². The second-order valence-electron chi connectivity index (χ2n) is 16.3. The van der Waals surface area contributed by atoms with Crippen LogP contribution in [0.1, 0.15) is 38.3 Å². The average molecular weight is 723 g/mol. The number of rotatable bonds is 2. The van der Waals surface area contributed by atoms with Gasteiger partial charge in [-0.25, -0.2) is 0 Å². The van der Waals surface area contributed by atoms with E-state index >= 15 is 0 Å². The number of aromatic nitrogens is 1. The summed E-state index contributed by atoms with van der Waals surface area (Å²) in [4.78, 5) is 10.5. The summed E-state index contributed by atoms with van der Waals surface area (Å²) in [6, 6.07) is 48.4. The van der Waals surface area contributed by atoms with E-state index in [0.29, 0.717) is 11.8 Å². The summed E-state index contributed by atoms with van der Waals surface area (Å²) in [5.41, 5.74) is 12.5. The lowest BCUT2D eigenvalue weighted by Crippen LogP contribution is -2.38. The number of benzene rings is 7. The summed E-state index contributed by atoms with van der Waals surface area (Å²) in [5, 5.41) is 12.2. The van der Waals surface area contributed by atoms with Gasteiger partial charge in [-0.1, -0.05) is 124 Å². The van der Waals surface area contributed by atoms with Crippen LogP contribution in [0.3, 0.4) is 0 Å². The molecule has 0 saturated heterocycles. The summed E-state index contributed by atoms with van der Waals surface area (Å²) < 4.78 is 9.11. The van der Waals surface area contributed by atoms with Gasteiger partial charge in [-0.2, -0.15) is 4.99 Å². The normalized spacial score (nSPS) is 18.3. The van der Waals surface area contributed by atoms with Crippen LogP contribution in [-0.4, -0.2) is 22.7 Å². The van der Waals surface area contributed by atoms with Gasteiger partial charge in [-0.05, 0) is 104 Å². The van der Waals surface area contributed by atoms with E-state index in [9.17, 15) is 0 Å². The highest BCUT2D eigenvalue weighted by Gasteiger charge is 2.36. The fourth-order valence-electron chi connectivity index (χ4n) is 9.67. The molecule has 5 heteroatoms. The first-order chi connectivity index (χ1) is 27.4. The summed E-state index contributed by atoms with van der Waals surface area (Å²) in [6.45, 7) is 6.87. The maximum absolute atomic E-state index is 6.76. The second kappa shape index (κ2) is 11.4. The molecule has 2 unspecified atom stereocenters. The van der Waals surface area contributed by atoms with Crippen molar-refractivity contribution < 1.29 is 4.42 Å². The molecule has 56 heavy (non-hydrogen) atoms. The minimum atomic E-state index is -0.302. The van der Waals surface area contributed by atoms with Gasteiger partial charge >= 0.3 is 0 Å². The Labute approximate surface area is 324 Å². The first-order valence-electron chi connectivity index (χ1n) is 19.7. The van der Waals surface area contributed by atoms with E-state index in [1.165, 1.54) is 60.1 Å². The smallest absolute Gasteiger partial charge is 0.245 e. The predicted octanol–water partition coefficient (Wildman–Crippen LogP) is 13.2. The molecule has 2 aliphatic heterocycles. The van der Waals surface area contributed by atoms with Crippen LogP contribution >= 0.6 is 0 Å². The van der Waals surface area contributed by atoms with Gasteiger partial charge in [0.25, 0.3) is 0 Å². The first-order valence-corrected chi connectivity index (χ1v) is 19.7. The van der Waals surface area contributed by atoms with Crippen LogP contribution in [0.25, 0.3) is 76.6 Å². The quantitative estimate of drug-likeness (QED) is 0.193. The molecular weight excluding hydrogens is 685 g/mol. The Morgan fingerprint density at radius 2 is 1.43 bits per heavy atom. The van der Waals surface area contributed by atoms with Crippen molar-refractivity contribution in [1.82, 2.24) is 4.57 Å². The molecule has 0 amide bonds. The Morgan fingerprint density at radius 3 is 2.29 bits per heavy atom. The molecule has 0 spiro atoms. The van der Waals surface area contributed by atoms with Crippen molar-refractivity contribution in [2.45, 2.75) is 38.6 Å². The molecule has 0 fully saturated rings. The number of hydrogen-bond donors (Lipinski definition) is 1. The number of nitrogens with one attached hydrogen (secondary N) is 1. The molecule has 9 aromatic rings. The molecule has 2 aromatic heterocycles. The molecule has 5 nitrogen and oxygen atoms in total. The summed E-state index contributed by atoms with van der Waals surface area (Å²) in [5.74, 6) is 1.82. The monoisotopic (exact) mass is 722 g/mol. The first kappa shape index (κ1) is 31.6. The molecule has 12 rings (SSSR count). The van der Waals surface area contributed by atoms with E-state index in [4.69, 9.17) is 14.4 Å². The minimum Gasteiger partial charge on any atom is -0.436 e. The van der Waals surface area contributed by atoms with Gasteiger partial charge in [0.15, 0.2) is 0 Å². The highest BCUT2D eigenvalue weighted by Crippen LogP contribution is 2.50. The largest absolute Gasteiger partial charge is 0.436 e. The lowest BCUT2D eigenvalue weighted by molar-refractivity contribution is 0.623. The van der Waals surface area contributed by atoms with Crippen molar-refractivity contribution in [3.63, 3.8) is 0 Å². The summed E-state index contributed by atoms with van der Waals surface area (Å²) >= 11 is 0. The van der Waals surface area contributed by atoms with Crippen LogP contribution in [0.5, 0.6) is 0 Å². The van der Waals surface area contributed by atoms with Crippen LogP contribution in [0.4, 0.5) is 11.6 Å². The predicted molar refractivity (Wildman–Crippen MR) is 234 cm³/mol. The molecule has 0 radical (unpaired) electrons. The number of fused-ring (bicyclic) bond motifs is 12. The molecular formula is C51H38N4O. The Hall–Kier alpha value is -6.72. The molecule has 0 bridgehead atoms. The van der Waals surface area contributed by atoms with Crippen LogP contribution in [-0.2, 0) is 5.41 Å². The topological polar surface area (TPSA) is 54.8 Å². The molecule has 268 valence electrons. The Balaban J connectivity index is 1.06. The third-order valence-electron chi connectivity index (χ3n) is 12.6. The van der Waals surface area contributed by atoms with Gasteiger partial charge in [0.05, 0.1) is 16.7 Å². The third-order valence-corrected chi connectivity index (χ3v) is 12.6. The van der Waals surface area contributed by atoms with E-state index in [0.717, 1.165) is 51.2 Å². The number of allylic oxidation sites excluding steroid dienone is 1. The summed E-state index contributed by atoms with van der Waals surface area (Å²) in [7, 11) is 0. The lowest BCUT2D eigenvalue weighted by atomic mass is 9.81.